The van der Waals surface area contributed by atoms with Crippen LogP contribution in [0.2, 0.25) is 15.5 Å². The molecule has 6 fully saturated rings. The Labute approximate surface area is 638 Å². The van der Waals surface area contributed by atoms with Gasteiger partial charge in [0, 0.05) is 83.2 Å². The van der Waals surface area contributed by atoms with Gasteiger partial charge >= 0.3 is 18.2 Å². The summed E-state index contributed by atoms with van der Waals surface area (Å²) in [5.41, 5.74) is -0.832. The number of esters is 1. The first-order valence-electron chi connectivity index (χ1n) is 37.3. The van der Waals surface area contributed by atoms with E-state index in [4.69, 9.17) is 53.8 Å². The van der Waals surface area contributed by atoms with Gasteiger partial charge in [-0.15, -0.1) is 0 Å². The molecule has 9 rings (SSSR count). The maximum Gasteiger partial charge on any atom is 0.410 e. The number of aliphatic hydroxyl groups is 5. The Morgan fingerprint density at radius 3 is 1.29 bits per heavy atom. The van der Waals surface area contributed by atoms with Gasteiger partial charge in [-0.2, -0.15) is 9.97 Å². The van der Waals surface area contributed by atoms with Gasteiger partial charge in [-0.25, -0.2) is 19.0 Å². The van der Waals surface area contributed by atoms with Crippen LogP contribution in [0.25, 0.3) is 0 Å². The summed E-state index contributed by atoms with van der Waals surface area (Å²) in [5.74, 6) is 1.16. The molecular weight excluding hydrogens is 1400 g/mol. The lowest BCUT2D eigenvalue weighted by Crippen LogP contribution is -2.48. The zero-order valence-corrected chi connectivity index (χ0v) is 69.2. The molecule has 22 nitrogen and oxygen atoms in total. The van der Waals surface area contributed by atoms with Crippen molar-refractivity contribution in [1.29, 1.82) is 0 Å². The predicted molar refractivity (Wildman–Crippen MR) is 415 cm³/mol. The van der Waals surface area contributed by atoms with Crippen LogP contribution >= 0.6 is 34.8 Å². The molecule has 3 aromatic rings. The number of rotatable bonds is 12. The molecule has 0 spiro atoms. The second kappa shape index (κ2) is 42.8. The molecule has 2 amide bonds. The minimum Gasteiger partial charge on any atom is -0.479 e. The average molecular weight is 1530 g/mol. The van der Waals surface area contributed by atoms with Crippen LogP contribution in [0.3, 0.4) is 0 Å². The number of carbonyl (C=O) groups is 3. The van der Waals surface area contributed by atoms with E-state index in [0.29, 0.717) is 47.7 Å². The normalized spacial score (nSPS) is 20.8. The second-order valence-corrected chi connectivity index (χ2v) is 34.6. The Bertz CT molecular complexity index is 2990. The highest BCUT2D eigenvalue weighted by Gasteiger charge is 2.38. The molecule has 5 unspecified atom stereocenters. The number of halogens is 4. The molecule has 0 bridgehead atoms. The summed E-state index contributed by atoms with van der Waals surface area (Å²) in [5, 5.41) is 54.2. The maximum absolute atomic E-state index is 12.5. The van der Waals surface area contributed by atoms with Crippen LogP contribution in [0.4, 0.5) is 25.4 Å². The van der Waals surface area contributed by atoms with Crippen molar-refractivity contribution in [3.8, 4) is 11.8 Å². The number of aromatic nitrogens is 3. The number of carbonyl (C=O) groups excluding carboxylic acids is 3. The van der Waals surface area contributed by atoms with E-state index in [0.717, 1.165) is 127 Å². The molecule has 104 heavy (non-hydrogen) atoms. The molecule has 26 heteroatoms. The molecule has 5 saturated heterocycles. The SMILES string of the molecule is CC(C)(C)OC(=O)N1CCCC(C(C)(C)O)C1.CC(C)(O)C1CCCCC1.CC(C)(O)C1CCCNC1.CN(C)Cc1nc(Cl)ccc1N1CCCC(C(C)(C)O)C1.COC(=O)C1CCCN(C(=O)OC(C)(C)C)C1.COc1nc(Cl)ccc1F.COc1nc(Cl)ccc1N1CCCC(C(C)(C)O)C1. The number of anilines is 2. The van der Waals surface area contributed by atoms with E-state index >= 15 is 0 Å². The number of amides is 2. The predicted octanol–water partition coefficient (Wildman–Crippen LogP) is 14.7. The molecule has 5 aliphatic heterocycles. The Morgan fingerprint density at radius 1 is 0.490 bits per heavy atom. The fourth-order valence-electron chi connectivity index (χ4n) is 13.2. The number of hydrogen-bond donors (Lipinski definition) is 6. The van der Waals surface area contributed by atoms with Crippen molar-refractivity contribution < 1.29 is 68.0 Å². The Kier molecular flexibility index (Phi) is 38.4. The van der Waals surface area contributed by atoms with Crippen molar-refractivity contribution in [2.45, 2.75) is 253 Å². The van der Waals surface area contributed by atoms with Crippen molar-refractivity contribution >= 4 is 64.3 Å². The molecule has 6 N–H and O–H groups in total. The summed E-state index contributed by atoms with van der Waals surface area (Å²) in [7, 11) is 8.36. The molecule has 0 radical (unpaired) electrons. The number of ether oxygens (including phenoxy) is 5. The number of piperidine rings is 5. The van der Waals surface area contributed by atoms with Crippen LogP contribution in [0.1, 0.15) is 213 Å². The van der Waals surface area contributed by atoms with E-state index < -0.39 is 45.0 Å². The van der Waals surface area contributed by atoms with Gasteiger partial charge in [0.15, 0.2) is 5.82 Å². The summed E-state index contributed by atoms with van der Waals surface area (Å²) in [6.45, 7) is 38.7. The lowest BCUT2D eigenvalue weighted by Gasteiger charge is -2.40. The van der Waals surface area contributed by atoms with Gasteiger partial charge in [-0.3, -0.25) is 4.79 Å². The first kappa shape index (κ1) is 93.4. The fourth-order valence-corrected chi connectivity index (χ4v) is 13.6. The van der Waals surface area contributed by atoms with Crippen molar-refractivity contribution in [2.75, 3.05) is 111 Å². The van der Waals surface area contributed by atoms with Crippen molar-refractivity contribution in [1.82, 2.24) is 35.0 Å². The number of hydrogen-bond acceptors (Lipinski definition) is 20. The monoisotopic (exact) mass is 1530 g/mol. The van der Waals surface area contributed by atoms with E-state index in [1.165, 1.54) is 64.9 Å². The summed E-state index contributed by atoms with van der Waals surface area (Å²) in [6, 6.07) is 10.2. The maximum atomic E-state index is 12.5. The Hall–Kier alpha value is -4.82. The molecule has 596 valence electrons. The van der Waals surface area contributed by atoms with Gasteiger partial charge in [-0.1, -0.05) is 54.1 Å². The number of methoxy groups -OCH3 is 3. The van der Waals surface area contributed by atoms with Crippen LogP contribution in [0, 0.1) is 41.3 Å². The first-order chi connectivity index (χ1) is 48.1. The quantitative estimate of drug-likeness (QED) is 0.0559. The number of pyridine rings is 3. The lowest BCUT2D eigenvalue weighted by molar-refractivity contribution is -0.147. The van der Waals surface area contributed by atoms with Crippen molar-refractivity contribution in [2.24, 2.45) is 35.5 Å². The number of likely N-dealkylation sites (tertiary alicyclic amines) is 2. The largest absolute Gasteiger partial charge is 0.479 e. The van der Waals surface area contributed by atoms with Crippen LogP contribution in [-0.2, 0) is 25.5 Å². The highest BCUT2D eigenvalue weighted by Crippen LogP contribution is 2.37. The van der Waals surface area contributed by atoms with Gasteiger partial charge in [0.05, 0.1) is 72.3 Å². The molecule has 1 aliphatic carbocycles. The molecule has 3 aromatic heterocycles. The topological polar surface area (TPSA) is 265 Å². The minimum absolute atomic E-state index is 0.0764. The summed E-state index contributed by atoms with van der Waals surface area (Å²) >= 11 is 17.4. The van der Waals surface area contributed by atoms with Crippen LogP contribution in [0.15, 0.2) is 36.4 Å². The molecule has 6 aliphatic rings. The van der Waals surface area contributed by atoms with Crippen LogP contribution in [0.5, 0.6) is 11.8 Å². The summed E-state index contributed by atoms with van der Waals surface area (Å²) in [6.07, 6.45) is 15.9. The molecule has 1 saturated carbocycles. The summed E-state index contributed by atoms with van der Waals surface area (Å²) in [4.78, 5) is 57.3. The number of nitrogens with zero attached hydrogens (tertiary/aromatic N) is 8. The van der Waals surface area contributed by atoms with E-state index in [2.05, 4.69) is 45.8 Å². The zero-order valence-electron chi connectivity index (χ0n) is 66.9. The second-order valence-electron chi connectivity index (χ2n) is 33.4. The molecular formula is C78H133Cl3FN9O13. The van der Waals surface area contributed by atoms with E-state index in [9.17, 15) is 44.3 Å². The van der Waals surface area contributed by atoms with Crippen molar-refractivity contribution in [3.05, 3.63) is 63.4 Å². The summed E-state index contributed by atoms with van der Waals surface area (Å²) < 4.78 is 37.7. The third-order valence-corrected chi connectivity index (χ3v) is 20.1. The van der Waals surface area contributed by atoms with Gasteiger partial charge in [0.1, 0.15) is 26.7 Å². The van der Waals surface area contributed by atoms with Gasteiger partial charge in [0.2, 0.25) is 5.88 Å². The third kappa shape index (κ3) is 35.0. The van der Waals surface area contributed by atoms with Crippen LogP contribution in [-0.4, -0.2) is 213 Å². The molecule has 5 atom stereocenters. The standard InChI is InChI=1S/C16H26ClN3O.C14H21ClN2O2.C13H25NO3.C12H21NO4.C9H18O.C8H17NO.C6H5ClFNO/c1-16(2,21)12-6-5-9-20(10-12)14-7-8-15(17)18-13(14)11-19(3)4;1-14(2,18)10-5-4-8-17(9-10)11-6-7-12(15)16-13(11)19-3;1-12(2,3)17-11(15)14-8-6-7-10(9-14)13(4,5)16;1-12(2,3)17-11(15)13-7-5-6-9(8-13)10(14)16-4;1-9(2,10)8-6-4-3-5-7-8;1-8(2,10)7-4-3-5-9-6-7;1-10-6-4(8)2-3-5(7)9-6/h7-8,12,21H,5-6,9-11H2,1-4H3;6-7,10,18H,4-5,8-9H2,1-3H3;10,16H,6-9H2,1-5H3;9H,5-8H2,1-4H3;8,10H,3-7H2,1-2H3;7,9-10H,3-6H2,1-2H3;2-3H,1H3. The fraction of sp³-hybridized carbons (Fsp3) is 0.769. The molecule has 0 aromatic carbocycles. The van der Waals surface area contributed by atoms with Gasteiger partial charge < -0.3 is 79.0 Å². The smallest absolute Gasteiger partial charge is 0.410 e. The van der Waals surface area contributed by atoms with Crippen LogP contribution < -0.4 is 24.6 Å². The van der Waals surface area contributed by atoms with Gasteiger partial charge in [-0.05, 0) is 257 Å². The Balaban J connectivity index is 0.000000321. The van der Waals surface area contributed by atoms with E-state index in [-0.39, 0.29) is 52.9 Å². The highest BCUT2D eigenvalue weighted by molar-refractivity contribution is 6.30. The average Bonchev–Trinajstić information content (AvgIpc) is 0.817. The van der Waals surface area contributed by atoms with Gasteiger partial charge in [0.25, 0.3) is 5.88 Å². The number of nitrogens with one attached hydrogen (secondary N) is 1. The highest BCUT2D eigenvalue weighted by atomic mass is 35.5. The lowest BCUT2D eigenvalue weighted by atomic mass is 9.79. The third-order valence-electron chi connectivity index (χ3n) is 19.5. The van der Waals surface area contributed by atoms with Crippen molar-refractivity contribution in [3.63, 3.8) is 0 Å². The zero-order chi connectivity index (χ0) is 78.8. The first-order valence-corrected chi connectivity index (χ1v) is 38.4. The van der Waals surface area contributed by atoms with E-state index in [1.807, 2.05) is 123 Å². The minimum atomic E-state index is -0.735. The van der Waals surface area contributed by atoms with E-state index in [1.54, 1.807) is 36.8 Å². The molecule has 8 heterocycles. The Morgan fingerprint density at radius 2 is 0.885 bits per heavy atom.